The third-order valence-corrected chi connectivity index (χ3v) is 18.7. The third kappa shape index (κ3) is 7.92. The molecular formula is C50H71F3N4O10. The molecule has 0 aliphatic heterocycles. The van der Waals surface area contributed by atoms with Gasteiger partial charge in [0.1, 0.15) is 23.9 Å². The Kier molecular flexibility index (Phi) is 12.6. The molecule has 5 saturated carbocycles. The lowest BCUT2D eigenvalue weighted by atomic mass is 9.33. The van der Waals surface area contributed by atoms with Gasteiger partial charge in [0.05, 0.1) is 24.0 Å². The van der Waals surface area contributed by atoms with Crippen LogP contribution in [0.1, 0.15) is 157 Å². The zero-order valence-electron chi connectivity index (χ0n) is 41.3. The molecule has 7 rings (SSSR count). The maximum atomic E-state index is 14.6. The first-order valence-corrected chi connectivity index (χ1v) is 24.0. The van der Waals surface area contributed by atoms with Crippen LogP contribution >= 0.6 is 0 Å². The summed E-state index contributed by atoms with van der Waals surface area (Å²) in [5, 5.41) is 18.8. The molecule has 6 aliphatic carbocycles. The Balaban J connectivity index is 1.12. The minimum absolute atomic E-state index is 0.0340. The van der Waals surface area contributed by atoms with E-state index in [2.05, 4.69) is 50.4 Å². The second-order valence-corrected chi connectivity index (χ2v) is 23.5. The molecule has 14 nitrogen and oxygen atoms in total. The number of nitrogens with zero attached hydrogens (tertiary/aromatic N) is 2. The first-order valence-electron chi connectivity index (χ1n) is 24.0. The number of alkyl halides is 3. The average molecular weight is 945 g/mol. The first-order chi connectivity index (χ1) is 30.8. The van der Waals surface area contributed by atoms with Gasteiger partial charge in [0, 0.05) is 25.0 Å². The molecule has 1 aromatic heterocycles. The van der Waals surface area contributed by atoms with Crippen LogP contribution in [0, 0.1) is 62.6 Å². The van der Waals surface area contributed by atoms with Gasteiger partial charge in [0.2, 0.25) is 5.91 Å². The summed E-state index contributed by atoms with van der Waals surface area (Å²) in [4.78, 5) is 80.9. The van der Waals surface area contributed by atoms with Gasteiger partial charge in [-0.15, -0.1) is 0 Å². The molecule has 2 amide bonds. The molecule has 5 fully saturated rings. The summed E-state index contributed by atoms with van der Waals surface area (Å²) in [6.07, 6.45) is -0.000715. The molecule has 372 valence electrons. The largest absolute Gasteiger partial charge is 0.481 e. The van der Waals surface area contributed by atoms with Crippen LogP contribution in [0.5, 0.6) is 0 Å². The SMILES string of the molecule is COCCOC(=O)n1nc(C(F)(F)F)cc1C(=O)NC(C)(C)C(=O)N[C@@]12CC[C@]3(C)[C@H](CC[C@@H]4[C@@]5(C)CC[C@H](OC(=O)[C@H]6C[C@@H](C(=O)O)C6(C)C)C(C)(C)[C@@H]5CC[C@]43C)C1=C(C(C)C)C(=O)C2. The van der Waals surface area contributed by atoms with Crippen molar-refractivity contribution in [2.45, 2.75) is 164 Å². The molecular weight excluding hydrogens is 874 g/mol. The number of esters is 1. The van der Waals surface area contributed by atoms with E-state index in [0.29, 0.717) is 31.2 Å². The van der Waals surface area contributed by atoms with E-state index in [1.165, 1.54) is 21.0 Å². The third-order valence-electron chi connectivity index (χ3n) is 18.7. The van der Waals surface area contributed by atoms with Crippen LogP contribution in [0.4, 0.5) is 18.0 Å². The second-order valence-electron chi connectivity index (χ2n) is 23.5. The Morgan fingerprint density at radius 2 is 1.55 bits per heavy atom. The van der Waals surface area contributed by atoms with Gasteiger partial charge in [-0.05, 0) is 128 Å². The van der Waals surface area contributed by atoms with Gasteiger partial charge in [0.25, 0.3) is 5.91 Å². The monoisotopic (exact) mass is 945 g/mol. The van der Waals surface area contributed by atoms with Crippen molar-refractivity contribution in [3.05, 3.63) is 28.6 Å². The molecule has 17 heteroatoms. The summed E-state index contributed by atoms with van der Waals surface area (Å²) in [5.74, 6) is -3.67. The maximum Gasteiger partial charge on any atom is 0.435 e. The number of hydrogen-bond donors (Lipinski definition) is 3. The number of amides is 2. The number of methoxy groups -OCH3 is 1. The lowest BCUT2D eigenvalue weighted by Gasteiger charge is -2.72. The van der Waals surface area contributed by atoms with Crippen molar-refractivity contribution in [3.63, 3.8) is 0 Å². The predicted molar refractivity (Wildman–Crippen MR) is 238 cm³/mol. The van der Waals surface area contributed by atoms with Crippen molar-refractivity contribution < 1.29 is 61.3 Å². The summed E-state index contributed by atoms with van der Waals surface area (Å²) in [7, 11) is 1.34. The van der Waals surface area contributed by atoms with E-state index >= 15 is 0 Å². The van der Waals surface area contributed by atoms with Crippen LogP contribution in [-0.2, 0) is 39.6 Å². The summed E-state index contributed by atoms with van der Waals surface area (Å²) in [6, 6.07) is 0.426. The number of allylic oxidation sites excluding steroid dienone is 1. The lowest BCUT2D eigenvalue weighted by molar-refractivity contribution is -0.235. The number of aromatic nitrogens is 2. The van der Waals surface area contributed by atoms with Gasteiger partial charge in [-0.3, -0.25) is 24.0 Å². The second kappa shape index (κ2) is 16.7. The number of ether oxygens (including phenoxy) is 3. The number of halogens is 3. The summed E-state index contributed by atoms with van der Waals surface area (Å²) in [5.41, 5.74) is -4.91. The summed E-state index contributed by atoms with van der Waals surface area (Å²) < 4.78 is 57.8. The van der Waals surface area contributed by atoms with Gasteiger partial charge in [-0.1, -0.05) is 62.3 Å². The Hall–Kier alpha value is -4.28. The number of Topliss-reactive ketones (excluding diaryl/α,β-unsaturated/α-hetero) is 1. The van der Waals surface area contributed by atoms with E-state index in [9.17, 15) is 47.0 Å². The van der Waals surface area contributed by atoms with Crippen LogP contribution in [0.15, 0.2) is 17.2 Å². The van der Waals surface area contributed by atoms with Crippen molar-refractivity contribution in [3.8, 4) is 0 Å². The zero-order valence-corrected chi connectivity index (χ0v) is 41.3. The fourth-order valence-corrected chi connectivity index (χ4v) is 14.8. The smallest absolute Gasteiger partial charge is 0.435 e. The van der Waals surface area contributed by atoms with E-state index < -0.39 is 69.8 Å². The molecule has 0 saturated heterocycles. The quantitative estimate of drug-likeness (QED) is 0.142. The molecule has 1 aromatic rings. The molecule has 1 heterocycles. The highest BCUT2D eigenvalue weighted by Gasteiger charge is 2.71. The number of ketones is 1. The number of carboxylic acids is 1. The zero-order chi connectivity index (χ0) is 49.8. The Bertz CT molecular complexity index is 2260. The highest BCUT2D eigenvalue weighted by molar-refractivity contribution is 6.04. The summed E-state index contributed by atoms with van der Waals surface area (Å²) in [6.45, 7) is 21.8. The van der Waals surface area contributed by atoms with E-state index in [1.807, 2.05) is 27.7 Å². The number of hydrogen-bond acceptors (Lipinski definition) is 10. The number of aliphatic carboxylic acids is 1. The summed E-state index contributed by atoms with van der Waals surface area (Å²) >= 11 is 0. The standard InChI is InChI=1S/C50H71F3N4O10/c1-26(2)36-31(58)25-49(55-41(63)45(7,8)54-38(59)30-24-34(50(51,52)53)56-57(30)42(64)66-22-21-65-12)20-19-47(10)27(37(36)49)13-14-33-46(9)17-16-35(44(5,6)32(46)15-18-48(33,47)11)67-40(62)29-23-28(39(60)61)43(29,3)4/h24,26-29,32-33,35H,13-23,25H2,1-12H3,(H,54,59)(H,55,63)(H,60,61)/t27-,28+,29-,32+,33-,35+,46+,47-,48-,49-/m1/s1. The molecule has 0 spiro atoms. The Morgan fingerprint density at radius 3 is 2.15 bits per heavy atom. The van der Waals surface area contributed by atoms with Gasteiger partial charge in [0.15, 0.2) is 11.5 Å². The van der Waals surface area contributed by atoms with E-state index in [0.717, 1.165) is 43.3 Å². The fraction of sp³-hybridized carbons (Fsp3) is 0.780. The minimum Gasteiger partial charge on any atom is -0.481 e. The number of carboxylic acid groups (broad SMARTS) is 1. The molecule has 6 aliphatic rings. The van der Waals surface area contributed by atoms with E-state index in [4.69, 9.17) is 14.2 Å². The topological polar surface area (TPSA) is 192 Å². The van der Waals surface area contributed by atoms with Gasteiger partial charge >= 0.3 is 24.2 Å². The number of rotatable bonds is 11. The van der Waals surface area contributed by atoms with Crippen LogP contribution < -0.4 is 10.6 Å². The van der Waals surface area contributed by atoms with Crippen LogP contribution in [-0.4, -0.2) is 88.0 Å². The molecule has 3 N–H and O–H groups in total. The molecule has 0 unspecified atom stereocenters. The van der Waals surface area contributed by atoms with E-state index in [-0.39, 0.29) is 88.0 Å². The highest BCUT2D eigenvalue weighted by atomic mass is 19.4. The molecule has 0 bridgehead atoms. The fourth-order valence-electron chi connectivity index (χ4n) is 14.8. The molecule has 0 aromatic carbocycles. The number of carbonyl (C=O) groups is 6. The van der Waals surface area contributed by atoms with Crippen molar-refractivity contribution in [2.24, 2.45) is 62.6 Å². The van der Waals surface area contributed by atoms with E-state index in [1.54, 1.807) is 0 Å². The Morgan fingerprint density at radius 1 is 0.881 bits per heavy atom. The molecule has 10 atom stereocenters. The average Bonchev–Trinajstić information content (AvgIpc) is 3.79. The van der Waals surface area contributed by atoms with Crippen LogP contribution in [0.3, 0.4) is 0 Å². The van der Waals surface area contributed by atoms with Gasteiger partial charge in [-0.2, -0.15) is 23.0 Å². The van der Waals surface area contributed by atoms with Crippen molar-refractivity contribution >= 4 is 35.6 Å². The van der Waals surface area contributed by atoms with Crippen molar-refractivity contribution in [2.75, 3.05) is 20.3 Å². The van der Waals surface area contributed by atoms with Gasteiger partial charge in [-0.25, -0.2) is 4.79 Å². The maximum absolute atomic E-state index is 14.6. The highest BCUT2D eigenvalue weighted by Crippen LogP contribution is 2.76. The van der Waals surface area contributed by atoms with Crippen LogP contribution in [0.2, 0.25) is 0 Å². The Labute approximate surface area is 391 Å². The number of carbonyl (C=O) groups excluding carboxylic acids is 5. The number of fused-ring (bicyclic) bond motifs is 7. The normalized spacial score (nSPS) is 35.3. The first kappa shape index (κ1) is 50.6. The van der Waals surface area contributed by atoms with Gasteiger partial charge < -0.3 is 30.0 Å². The van der Waals surface area contributed by atoms with Crippen molar-refractivity contribution in [1.82, 2.24) is 20.4 Å². The molecule has 0 radical (unpaired) electrons. The predicted octanol–water partition coefficient (Wildman–Crippen LogP) is 8.55. The minimum atomic E-state index is -5.00. The molecule has 67 heavy (non-hydrogen) atoms. The van der Waals surface area contributed by atoms with Crippen molar-refractivity contribution in [1.29, 1.82) is 0 Å². The lowest BCUT2D eigenvalue weighted by Crippen LogP contribution is -2.68. The van der Waals surface area contributed by atoms with Crippen LogP contribution in [0.25, 0.3) is 0 Å². The number of nitrogens with one attached hydrogen (secondary N) is 2.